The summed E-state index contributed by atoms with van der Waals surface area (Å²) >= 11 is 0. The summed E-state index contributed by atoms with van der Waals surface area (Å²) in [6, 6.07) is 7.90. The number of benzene rings is 2. The van der Waals surface area contributed by atoms with E-state index in [4.69, 9.17) is 4.74 Å². The summed E-state index contributed by atoms with van der Waals surface area (Å²) in [6.45, 7) is 3.38. The molecule has 1 aliphatic heterocycles. The average molecular weight is 544 g/mol. The third-order valence-electron chi connectivity index (χ3n) is 6.04. The first-order chi connectivity index (χ1) is 16.7. The van der Waals surface area contributed by atoms with Crippen LogP contribution in [-0.2, 0) is 20.0 Å². The molecule has 0 saturated heterocycles. The molecular weight excluding hydrogens is 513 g/mol. The van der Waals surface area contributed by atoms with E-state index in [1.165, 1.54) is 30.1 Å². The summed E-state index contributed by atoms with van der Waals surface area (Å²) in [7, 11) is -6.14. The average Bonchev–Trinajstić information content (AvgIpc) is 2.80. The zero-order chi connectivity index (χ0) is 26.8. The lowest BCUT2D eigenvalue weighted by Crippen LogP contribution is -2.50. The first-order valence-corrected chi connectivity index (χ1v) is 14.5. The first kappa shape index (κ1) is 27.8. The Labute approximate surface area is 210 Å². The van der Waals surface area contributed by atoms with Crippen LogP contribution in [0.15, 0.2) is 47.4 Å². The van der Waals surface area contributed by atoms with Crippen molar-refractivity contribution in [3.8, 4) is 5.75 Å². The van der Waals surface area contributed by atoms with Gasteiger partial charge in [0.1, 0.15) is 17.7 Å². The molecule has 2 N–H and O–H groups in total. The van der Waals surface area contributed by atoms with E-state index >= 15 is 0 Å². The molecule has 3 atom stereocenters. The van der Waals surface area contributed by atoms with Crippen LogP contribution in [0.3, 0.4) is 0 Å². The molecule has 3 rings (SSSR count). The van der Waals surface area contributed by atoms with Crippen LogP contribution in [0.1, 0.15) is 24.2 Å². The van der Waals surface area contributed by atoms with Gasteiger partial charge in [0.05, 0.1) is 35.9 Å². The molecule has 0 spiro atoms. The molecule has 1 aliphatic rings. The summed E-state index contributed by atoms with van der Waals surface area (Å²) in [5, 5.41) is 9.74. The van der Waals surface area contributed by atoms with Gasteiger partial charge in [0, 0.05) is 25.2 Å². The molecule has 0 radical (unpaired) electrons. The van der Waals surface area contributed by atoms with E-state index in [0.717, 1.165) is 34.8 Å². The maximum atomic E-state index is 13.5. The van der Waals surface area contributed by atoms with E-state index in [1.807, 2.05) is 6.92 Å². The molecule has 13 heteroatoms. The number of aliphatic hydroxyl groups excluding tert-OH is 1. The number of fused-ring (bicyclic) bond motifs is 1. The molecule has 2 aromatic rings. The third-order valence-corrected chi connectivity index (χ3v) is 8.72. The number of rotatable bonds is 8. The normalized spacial score (nSPS) is 19.8. The molecule has 0 bridgehead atoms. The fourth-order valence-electron chi connectivity index (χ4n) is 3.72. The van der Waals surface area contributed by atoms with Gasteiger partial charge in [-0.25, -0.2) is 25.5 Å². The lowest BCUT2D eigenvalue weighted by Gasteiger charge is -2.38. The summed E-state index contributed by atoms with van der Waals surface area (Å²) in [6.07, 6.45) is 0.448. The van der Waals surface area contributed by atoms with Crippen molar-refractivity contribution in [2.45, 2.75) is 30.9 Å². The Bertz CT molecular complexity index is 1320. The van der Waals surface area contributed by atoms with Gasteiger partial charge in [-0.15, -0.1) is 0 Å². The molecule has 36 heavy (non-hydrogen) atoms. The molecule has 2 aromatic carbocycles. The second-order valence-electron chi connectivity index (χ2n) is 8.94. The molecule has 0 unspecified atom stereocenters. The zero-order valence-corrected chi connectivity index (χ0v) is 22.0. The van der Waals surface area contributed by atoms with Gasteiger partial charge in [-0.05, 0) is 49.4 Å². The minimum Gasteiger partial charge on any atom is -0.488 e. The zero-order valence-electron chi connectivity index (χ0n) is 20.4. The van der Waals surface area contributed by atoms with Crippen molar-refractivity contribution in [3.05, 3.63) is 53.8 Å². The van der Waals surface area contributed by atoms with Crippen molar-refractivity contribution in [1.29, 1.82) is 0 Å². The second-order valence-corrected chi connectivity index (χ2v) is 12.7. The number of aliphatic hydroxyl groups is 1. The maximum Gasteiger partial charge on any atom is 0.261 e. The number of amides is 1. The van der Waals surface area contributed by atoms with Crippen molar-refractivity contribution < 1.29 is 35.9 Å². The van der Waals surface area contributed by atoms with E-state index in [-0.39, 0.29) is 47.5 Å². The Kier molecular flexibility index (Phi) is 8.28. The van der Waals surface area contributed by atoms with Gasteiger partial charge in [0.25, 0.3) is 15.9 Å². The van der Waals surface area contributed by atoms with Gasteiger partial charge in [-0.2, -0.15) is 0 Å². The smallest absolute Gasteiger partial charge is 0.261 e. The SMILES string of the molecule is C[C@@H]1CN([C@H](C)CO)C(=O)c2cc(NS(=O)(=O)c3ccc(F)cc3)ccc2O[C@H]1CN(C)S(C)(=O)=O. The fraction of sp³-hybridized carbons (Fsp3) is 0.435. The molecule has 10 nitrogen and oxygen atoms in total. The van der Waals surface area contributed by atoms with Gasteiger partial charge >= 0.3 is 0 Å². The number of nitrogens with zero attached hydrogens (tertiary/aromatic N) is 2. The molecule has 0 aromatic heterocycles. The molecule has 0 saturated carbocycles. The minimum atomic E-state index is -4.07. The van der Waals surface area contributed by atoms with Crippen LogP contribution < -0.4 is 9.46 Å². The quantitative estimate of drug-likeness (QED) is 0.518. The van der Waals surface area contributed by atoms with E-state index in [0.29, 0.717) is 0 Å². The lowest BCUT2D eigenvalue weighted by molar-refractivity contribution is 0.0387. The standard InChI is InChI=1S/C23H30FN3O7S2/c1-15-12-27(16(2)14-28)23(29)20-11-18(25-36(32,33)19-8-5-17(24)6-9-19)7-10-21(20)34-22(15)13-26(3)35(4,30)31/h5-11,15-16,22,25,28H,12-14H2,1-4H3/t15-,16-,22+/m1/s1. The number of nitrogens with one attached hydrogen (secondary N) is 1. The highest BCUT2D eigenvalue weighted by molar-refractivity contribution is 7.92. The Morgan fingerprint density at radius 3 is 2.42 bits per heavy atom. The second kappa shape index (κ2) is 10.7. The van der Waals surface area contributed by atoms with Crippen molar-refractivity contribution in [2.24, 2.45) is 5.92 Å². The maximum absolute atomic E-state index is 13.5. The summed E-state index contributed by atoms with van der Waals surface area (Å²) in [5.74, 6) is -1.20. The van der Waals surface area contributed by atoms with Crippen LogP contribution >= 0.6 is 0 Å². The number of halogens is 1. The number of hydrogen-bond acceptors (Lipinski definition) is 7. The predicted octanol–water partition coefficient (Wildman–Crippen LogP) is 1.74. The summed E-state index contributed by atoms with van der Waals surface area (Å²) in [4.78, 5) is 14.8. The van der Waals surface area contributed by atoms with Crippen LogP contribution in [0, 0.1) is 11.7 Å². The number of likely N-dealkylation sites (N-methyl/N-ethyl adjacent to an activating group) is 1. The van der Waals surface area contributed by atoms with Gasteiger partial charge in [0.2, 0.25) is 10.0 Å². The highest BCUT2D eigenvalue weighted by Crippen LogP contribution is 2.31. The third kappa shape index (κ3) is 6.33. The number of hydrogen-bond donors (Lipinski definition) is 2. The predicted molar refractivity (Wildman–Crippen MR) is 132 cm³/mol. The molecule has 0 fully saturated rings. The number of ether oxygens (including phenoxy) is 1. The van der Waals surface area contributed by atoms with Crippen LogP contribution in [0.4, 0.5) is 10.1 Å². The highest BCUT2D eigenvalue weighted by atomic mass is 32.2. The van der Waals surface area contributed by atoms with Gasteiger partial charge in [-0.1, -0.05) is 6.92 Å². The number of carbonyl (C=O) groups is 1. The van der Waals surface area contributed by atoms with Crippen LogP contribution in [0.25, 0.3) is 0 Å². The molecule has 198 valence electrons. The van der Waals surface area contributed by atoms with E-state index in [2.05, 4.69) is 4.72 Å². The molecule has 1 amide bonds. The highest BCUT2D eigenvalue weighted by Gasteiger charge is 2.34. The first-order valence-electron chi connectivity index (χ1n) is 11.1. The number of carbonyl (C=O) groups excluding carboxylic acids is 1. The Morgan fingerprint density at radius 2 is 1.83 bits per heavy atom. The van der Waals surface area contributed by atoms with Gasteiger partial charge in [0.15, 0.2) is 0 Å². The monoisotopic (exact) mass is 543 g/mol. The van der Waals surface area contributed by atoms with Gasteiger partial charge in [-0.3, -0.25) is 9.52 Å². The Hall–Kier alpha value is -2.74. The van der Waals surface area contributed by atoms with Crippen molar-refractivity contribution in [1.82, 2.24) is 9.21 Å². The number of sulfonamides is 2. The van der Waals surface area contributed by atoms with E-state index < -0.39 is 43.9 Å². The Balaban J connectivity index is 2.01. The van der Waals surface area contributed by atoms with Crippen molar-refractivity contribution in [2.75, 3.05) is 37.7 Å². The van der Waals surface area contributed by atoms with Crippen molar-refractivity contribution >= 4 is 31.6 Å². The summed E-state index contributed by atoms with van der Waals surface area (Å²) in [5.41, 5.74) is 0.124. The van der Waals surface area contributed by atoms with Crippen LogP contribution in [0.2, 0.25) is 0 Å². The molecule has 0 aliphatic carbocycles. The van der Waals surface area contributed by atoms with Crippen LogP contribution in [0.5, 0.6) is 5.75 Å². The largest absolute Gasteiger partial charge is 0.488 e. The molecular formula is C23H30FN3O7S2. The van der Waals surface area contributed by atoms with E-state index in [1.54, 1.807) is 6.92 Å². The molecule has 1 heterocycles. The Morgan fingerprint density at radius 1 is 1.19 bits per heavy atom. The number of anilines is 1. The van der Waals surface area contributed by atoms with Crippen molar-refractivity contribution in [3.63, 3.8) is 0 Å². The summed E-state index contributed by atoms with van der Waals surface area (Å²) < 4.78 is 72.3. The lowest BCUT2D eigenvalue weighted by atomic mass is 9.99. The van der Waals surface area contributed by atoms with E-state index in [9.17, 15) is 31.1 Å². The van der Waals surface area contributed by atoms with Gasteiger partial charge < -0.3 is 14.7 Å². The minimum absolute atomic E-state index is 0.0217. The topological polar surface area (TPSA) is 133 Å². The fourth-order valence-corrected chi connectivity index (χ4v) is 5.19. The van der Waals surface area contributed by atoms with Crippen LogP contribution in [-0.4, -0.2) is 82.2 Å².